The number of rotatable bonds is 2. The molecule has 80 valence electrons. The molecule has 0 saturated heterocycles. The average Bonchev–Trinajstić information content (AvgIpc) is 2.60. The molecule has 15 heavy (non-hydrogen) atoms. The molecule has 5 nitrogen and oxygen atoms in total. The summed E-state index contributed by atoms with van der Waals surface area (Å²) in [5.74, 6) is 1.57. The maximum atomic E-state index is 5.40. The van der Waals surface area contributed by atoms with E-state index in [1.807, 2.05) is 31.8 Å². The number of fused-ring (bicyclic) bond motifs is 1. The van der Waals surface area contributed by atoms with Gasteiger partial charge in [-0.05, 0) is 12.5 Å². The number of aromatic amines is 1. The van der Waals surface area contributed by atoms with Gasteiger partial charge in [0.15, 0.2) is 0 Å². The zero-order chi connectivity index (χ0) is 11.0. The molecule has 0 aromatic carbocycles. The van der Waals surface area contributed by atoms with Crippen LogP contribution in [-0.2, 0) is 7.05 Å². The van der Waals surface area contributed by atoms with E-state index in [4.69, 9.17) is 4.74 Å². The molecule has 0 aliphatic carbocycles. The van der Waals surface area contributed by atoms with Gasteiger partial charge < -0.3 is 9.72 Å². The van der Waals surface area contributed by atoms with Crippen LogP contribution in [0.15, 0.2) is 6.20 Å². The Labute approximate surface area is 88.1 Å². The molecule has 0 amide bonds. The first-order valence-electron chi connectivity index (χ1n) is 4.78. The summed E-state index contributed by atoms with van der Waals surface area (Å²) >= 11 is 0. The maximum Gasteiger partial charge on any atom is 0.396 e. The third kappa shape index (κ3) is 1.31. The molecule has 0 aliphatic heterocycles. The highest BCUT2D eigenvalue weighted by Crippen LogP contribution is 2.24. The zero-order valence-corrected chi connectivity index (χ0v) is 9.38. The molecule has 0 fully saturated rings. The summed E-state index contributed by atoms with van der Waals surface area (Å²) in [6.45, 7) is 2.03. The molecule has 5 heteroatoms. The molecule has 0 bridgehead atoms. The highest BCUT2D eigenvalue weighted by atomic mass is 16.5. The SMILES string of the molecule is CNc1nc2[nH]cc(C)c2c(OC)[n+]1C. The second kappa shape index (κ2) is 3.42. The van der Waals surface area contributed by atoms with Gasteiger partial charge in [0.25, 0.3) is 5.88 Å². The number of ether oxygens (including phenoxy) is 1. The molecule has 2 aromatic heterocycles. The largest absolute Gasteiger partial charge is 0.471 e. The topological polar surface area (TPSA) is 53.8 Å². The first-order chi connectivity index (χ1) is 7.19. The van der Waals surface area contributed by atoms with Crippen LogP contribution < -0.4 is 14.6 Å². The Kier molecular flexibility index (Phi) is 2.22. The zero-order valence-electron chi connectivity index (χ0n) is 9.38. The Morgan fingerprint density at radius 1 is 1.53 bits per heavy atom. The standard InChI is InChI=1S/C10H14N4O/c1-6-5-12-8-7(6)9(15-4)14(3)10(11-2)13-8/h5H,1-4H3,(H,11,12,13)/p+1. The number of aromatic nitrogens is 3. The molecular weight excluding hydrogens is 192 g/mol. The van der Waals surface area contributed by atoms with Crippen molar-refractivity contribution in [2.45, 2.75) is 6.92 Å². The van der Waals surface area contributed by atoms with Gasteiger partial charge in [-0.25, -0.2) is 4.57 Å². The van der Waals surface area contributed by atoms with Gasteiger partial charge in [-0.3, -0.25) is 5.32 Å². The Bertz CT molecular complexity index is 504. The van der Waals surface area contributed by atoms with Crippen LogP contribution in [0.1, 0.15) is 5.56 Å². The van der Waals surface area contributed by atoms with Crippen LogP contribution >= 0.6 is 0 Å². The Morgan fingerprint density at radius 3 is 2.87 bits per heavy atom. The van der Waals surface area contributed by atoms with Crippen LogP contribution in [0.2, 0.25) is 0 Å². The van der Waals surface area contributed by atoms with Crippen molar-refractivity contribution in [2.75, 3.05) is 19.5 Å². The van der Waals surface area contributed by atoms with Gasteiger partial charge in [0.05, 0.1) is 21.2 Å². The van der Waals surface area contributed by atoms with Gasteiger partial charge in [-0.1, -0.05) is 4.98 Å². The van der Waals surface area contributed by atoms with Crippen LogP contribution in [0.3, 0.4) is 0 Å². The van der Waals surface area contributed by atoms with Crippen LogP contribution in [0, 0.1) is 6.92 Å². The monoisotopic (exact) mass is 207 g/mol. The lowest BCUT2D eigenvalue weighted by molar-refractivity contribution is -0.663. The third-order valence-electron chi connectivity index (χ3n) is 2.53. The molecular formula is C10H15N4O+. The maximum absolute atomic E-state index is 5.40. The van der Waals surface area contributed by atoms with E-state index in [-0.39, 0.29) is 0 Å². The van der Waals surface area contributed by atoms with E-state index in [2.05, 4.69) is 15.3 Å². The number of hydrogen-bond donors (Lipinski definition) is 2. The van der Waals surface area contributed by atoms with Crippen LogP contribution in [0.25, 0.3) is 11.0 Å². The van der Waals surface area contributed by atoms with E-state index in [0.717, 1.165) is 28.4 Å². The lowest BCUT2D eigenvalue weighted by atomic mass is 10.2. The van der Waals surface area contributed by atoms with Crippen molar-refractivity contribution in [1.29, 1.82) is 0 Å². The van der Waals surface area contributed by atoms with E-state index in [1.54, 1.807) is 7.11 Å². The van der Waals surface area contributed by atoms with Crippen molar-refractivity contribution < 1.29 is 9.30 Å². The average molecular weight is 207 g/mol. The summed E-state index contributed by atoms with van der Waals surface area (Å²) in [7, 11) is 5.42. The fourth-order valence-electron chi connectivity index (χ4n) is 1.77. The number of methoxy groups -OCH3 is 1. The molecule has 2 heterocycles. The minimum absolute atomic E-state index is 0.765. The number of nitrogens with zero attached hydrogens (tertiary/aromatic N) is 2. The third-order valence-corrected chi connectivity index (χ3v) is 2.53. The summed E-state index contributed by atoms with van der Waals surface area (Å²) in [6.07, 6.45) is 1.93. The van der Waals surface area contributed by atoms with E-state index in [1.165, 1.54) is 0 Å². The number of nitrogens with one attached hydrogen (secondary N) is 2. The quantitative estimate of drug-likeness (QED) is 0.714. The van der Waals surface area contributed by atoms with Gasteiger partial charge in [0, 0.05) is 6.20 Å². The highest BCUT2D eigenvalue weighted by Gasteiger charge is 2.20. The molecule has 0 saturated carbocycles. The number of anilines is 1. The molecule has 0 atom stereocenters. The van der Waals surface area contributed by atoms with Crippen molar-refractivity contribution in [3.8, 4) is 5.88 Å². The lowest BCUT2D eigenvalue weighted by Gasteiger charge is -2.06. The summed E-state index contributed by atoms with van der Waals surface area (Å²) in [5.41, 5.74) is 1.97. The van der Waals surface area contributed by atoms with Crippen molar-refractivity contribution in [3.05, 3.63) is 11.8 Å². The van der Waals surface area contributed by atoms with Gasteiger partial charge in [0.2, 0.25) is 5.65 Å². The Hall–Kier alpha value is -1.78. The number of hydrogen-bond acceptors (Lipinski definition) is 3. The van der Waals surface area contributed by atoms with Crippen LogP contribution in [0.4, 0.5) is 5.95 Å². The molecule has 0 aliphatic rings. The Balaban J connectivity index is 2.86. The second-order valence-electron chi connectivity index (χ2n) is 3.45. The number of H-pyrrole nitrogens is 1. The first-order valence-corrected chi connectivity index (χ1v) is 4.78. The van der Waals surface area contributed by atoms with Gasteiger partial charge >= 0.3 is 5.95 Å². The van der Waals surface area contributed by atoms with Crippen LogP contribution in [-0.4, -0.2) is 24.1 Å². The summed E-state index contributed by atoms with van der Waals surface area (Å²) in [5, 5.41) is 4.05. The molecule has 2 rings (SSSR count). The summed E-state index contributed by atoms with van der Waals surface area (Å²) < 4.78 is 7.29. The molecule has 2 aromatic rings. The highest BCUT2D eigenvalue weighted by molar-refractivity contribution is 5.84. The van der Waals surface area contributed by atoms with Crippen molar-refractivity contribution in [3.63, 3.8) is 0 Å². The normalized spacial score (nSPS) is 10.7. The van der Waals surface area contributed by atoms with Gasteiger partial charge in [-0.2, -0.15) is 0 Å². The fraction of sp³-hybridized carbons (Fsp3) is 0.400. The predicted octanol–water partition coefficient (Wildman–Crippen LogP) is 0.746. The summed E-state index contributed by atoms with van der Waals surface area (Å²) in [6, 6.07) is 0. The molecule has 0 unspecified atom stereocenters. The lowest BCUT2D eigenvalue weighted by Crippen LogP contribution is -2.35. The van der Waals surface area contributed by atoms with E-state index in [9.17, 15) is 0 Å². The first kappa shape index (κ1) is 9.76. The van der Waals surface area contributed by atoms with E-state index in [0.29, 0.717) is 0 Å². The minimum atomic E-state index is 0.765. The number of aryl methyl sites for hydroxylation is 1. The van der Waals surface area contributed by atoms with Gasteiger partial charge in [0.1, 0.15) is 5.39 Å². The minimum Gasteiger partial charge on any atom is -0.471 e. The summed E-state index contributed by atoms with van der Waals surface area (Å²) in [4.78, 5) is 7.56. The van der Waals surface area contributed by atoms with Crippen LogP contribution in [0.5, 0.6) is 5.88 Å². The second-order valence-corrected chi connectivity index (χ2v) is 3.45. The van der Waals surface area contributed by atoms with E-state index >= 15 is 0 Å². The molecule has 2 N–H and O–H groups in total. The molecule has 0 spiro atoms. The van der Waals surface area contributed by atoms with E-state index < -0.39 is 0 Å². The van der Waals surface area contributed by atoms with Gasteiger partial charge in [-0.15, -0.1) is 0 Å². The molecule has 0 radical (unpaired) electrons. The predicted molar refractivity (Wildman–Crippen MR) is 58.1 cm³/mol. The van der Waals surface area contributed by atoms with Crippen molar-refractivity contribution in [1.82, 2.24) is 9.97 Å². The fourth-order valence-corrected chi connectivity index (χ4v) is 1.77. The Morgan fingerprint density at radius 2 is 2.27 bits per heavy atom. The smallest absolute Gasteiger partial charge is 0.396 e. The van der Waals surface area contributed by atoms with Crippen molar-refractivity contribution >= 4 is 17.0 Å². The van der Waals surface area contributed by atoms with Crippen molar-refractivity contribution in [2.24, 2.45) is 7.05 Å².